The van der Waals surface area contributed by atoms with Gasteiger partial charge < -0.3 is 4.74 Å². The summed E-state index contributed by atoms with van der Waals surface area (Å²) in [6.45, 7) is 5.27. The lowest BCUT2D eigenvalue weighted by molar-refractivity contribution is -0.187. The fourth-order valence-corrected chi connectivity index (χ4v) is 2.12. The summed E-state index contributed by atoms with van der Waals surface area (Å²) in [5, 5.41) is 0. The molecule has 2 aromatic carbocycles. The summed E-state index contributed by atoms with van der Waals surface area (Å²) in [6, 6.07) is 3.07. The van der Waals surface area contributed by atoms with E-state index < -0.39 is 40.7 Å². The third-order valence-corrected chi connectivity index (χ3v) is 3.36. The van der Waals surface area contributed by atoms with Crippen LogP contribution in [0.4, 0.5) is 26.3 Å². The van der Waals surface area contributed by atoms with Gasteiger partial charge in [-0.05, 0) is 24.6 Å². The van der Waals surface area contributed by atoms with E-state index in [1.807, 2.05) is 0 Å². The summed E-state index contributed by atoms with van der Waals surface area (Å²) in [6.07, 6.45) is -2.92. The molecule has 0 spiro atoms. The summed E-state index contributed by atoms with van der Waals surface area (Å²) >= 11 is 0. The number of benzene rings is 2. The maximum atomic E-state index is 14.3. The van der Waals surface area contributed by atoms with E-state index in [9.17, 15) is 26.3 Å². The van der Waals surface area contributed by atoms with E-state index in [1.54, 1.807) is 6.92 Å². The first-order valence-electron chi connectivity index (χ1n) is 7.73. The monoisotopic (exact) mass is 400 g/mol. The van der Waals surface area contributed by atoms with Crippen molar-refractivity contribution in [3.63, 3.8) is 0 Å². The van der Waals surface area contributed by atoms with Crippen LogP contribution in [0.3, 0.4) is 0 Å². The van der Waals surface area contributed by atoms with Gasteiger partial charge in [-0.25, -0.2) is 22.6 Å². The van der Waals surface area contributed by atoms with Crippen LogP contribution in [0, 0.1) is 23.3 Å². The molecule has 3 nitrogen and oxygen atoms in total. The smallest absolute Gasteiger partial charge is 0.429 e. The minimum absolute atomic E-state index is 0.0698. The van der Waals surface area contributed by atoms with Crippen molar-refractivity contribution in [2.45, 2.75) is 13.0 Å². The fraction of sp³-hybridized carbons (Fsp3) is 0.158. The summed E-state index contributed by atoms with van der Waals surface area (Å²) in [5.41, 5.74) is -0.492. The van der Waals surface area contributed by atoms with Crippen LogP contribution >= 0.6 is 0 Å². The molecule has 0 aliphatic heterocycles. The van der Waals surface area contributed by atoms with Gasteiger partial charge in [0.1, 0.15) is 11.6 Å². The predicted octanol–water partition coefficient (Wildman–Crippen LogP) is 5.39. The Kier molecular flexibility index (Phi) is 6.27. The van der Waals surface area contributed by atoms with Crippen LogP contribution in [0.15, 0.2) is 52.5 Å². The molecule has 0 N–H and O–H groups in total. The molecular weight excluding hydrogens is 386 g/mol. The number of allylic oxidation sites excluding steroid dienone is 1. The number of rotatable bonds is 5. The Morgan fingerprint density at radius 3 is 2.14 bits per heavy atom. The molecule has 0 bridgehead atoms. The molecule has 2 rings (SSSR count). The molecule has 0 aliphatic carbocycles. The van der Waals surface area contributed by atoms with E-state index >= 15 is 0 Å². The number of hydrogen-bond acceptors (Lipinski definition) is 2. The van der Waals surface area contributed by atoms with Crippen molar-refractivity contribution >= 4 is 12.1 Å². The molecule has 148 valence electrons. The van der Waals surface area contributed by atoms with Gasteiger partial charge in [0.05, 0.1) is 5.56 Å². The van der Waals surface area contributed by atoms with Crippen LogP contribution in [0.1, 0.15) is 18.1 Å². The van der Waals surface area contributed by atoms with E-state index in [-0.39, 0.29) is 23.5 Å². The lowest BCUT2D eigenvalue weighted by Gasteiger charge is -2.19. The first-order chi connectivity index (χ1) is 13.0. The van der Waals surface area contributed by atoms with Gasteiger partial charge in [0, 0.05) is 31.0 Å². The molecule has 0 aliphatic rings. The molecule has 28 heavy (non-hydrogen) atoms. The molecule has 0 heterocycles. The van der Waals surface area contributed by atoms with E-state index in [0.717, 1.165) is 18.2 Å². The average Bonchev–Trinajstić information content (AvgIpc) is 2.59. The van der Waals surface area contributed by atoms with Crippen molar-refractivity contribution in [3.8, 4) is 5.75 Å². The maximum absolute atomic E-state index is 14.3. The van der Waals surface area contributed by atoms with Gasteiger partial charge in [0.15, 0.2) is 23.3 Å². The number of halogens is 6. The highest BCUT2D eigenvalue weighted by molar-refractivity contribution is 6.04. The SMILES string of the molecule is C=C(C)/C=N\C(=N/C)c1ccc(C(F)(F)Oc2cc(F)c(F)c(F)c2)c(F)c1. The molecule has 0 saturated heterocycles. The Hall–Kier alpha value is -3.10. The molecule has 0 unspecified atom stereocenters. The highest BCUT2D eigenvalue weighted by atomic mass is 19.3. The number of alkyl halides is 2. The minimum atomic E-state index is -4.29. The fourth-order valence-electron chi connectivity index (χ4n) is 2.12. The lowest BCUT2D eigenvalue weighted by atomic mass is 10.1. The number of amidine groups is 1. The number of nitrogens with zero attached hydrogens (tertiary/aromatic N) is 2. The molecule has 0 saturated carbocycles. The Bertz CT molecular complexity index is 946. The van der Waals surface area contributed by atoms with E-state index in [1.165, 1.54) is 13.3 Å². The van der Waals surface area contributed by atoms with Gasteiger partial charge in [-0.3, -0.25) is 4.99 Å². The zero-order chi connectivity index (χ0) is 21.1. The quantitative estimate of drug-likeness (QED) is 0.287. The van der Waals surface area contributed by atoms with E-state index in [0.29, 0.717) is 5.57 Å². The Morgan fingerprint density at radius 1 is 1.04 bits per heavy atom. The first kappa shape index (κ1) is 21.2. The normalized spacial score (nSPS) is 12.5. The van der Waals surface area contributed by atoms with Crippen LogP contribution in [0.5, 0.6) is 5.75 Å². The van der Waals surface area contributed by atoms with Gasteiger partial charge in [-0.2, -0.15) is 8.78 Å². The van der Waals surface area contributed by atoms with Gasteiger partial charge in [0.25, 0.3) is 0 Å². The second-order valence-corrected chi connectivity index (χ2v) is 5.67. The predicted molar refractivity (Wildman–Crippen MR) is 93.0 cm³/mol. The van der Waals surface area contributed by atoms with Gasteiger partial charge in [-0.15, -0.1) is 0 Å². The van der Waals surface area contributed by atoms with Crippen molar-refractivity contribution in [2.24, 2.45) is 9.98 Å². The molecular formula is C19H14F6N2O. The van der Waals surface area contributed by atoms with Crippen molar-refractivity contribution < 1.29 is 31.1 Å². The van der Waals surface area contributed by atoms with Crippen LogP contribution in [-0.2, 0) is 6.11 Å². The topological polar surface area (TPSA) is 34.0 Å². The third kappa shape index (κ3) is 4.79. The zero-order valence-electron chi connectivity index (χ0n) is 14.7. The number of aliphatic imine (C=N–C) groups is 2. The molecule has 0 fully saturated rings. The highest BCUT2D eigenvalue weighted by Gasteiger charge is 2.38. The molecule has 9 heteroatoms. The molecule has 0 atom stereocenters. The largest absolute Gasteiger partial charge is 0.429 e. The number of hydrogen-bond donors (Lipinski definition) is 0. The maximum Gasteiger partial charge on any atom is 0.429 e. The standard InChI is InChI=1S/C19H14F6N2O/c1-10(2)9-27-18(26-3)11-4-5-13(14(20)6-11)19(24,25)28-12-7-15(21)17(23)16(22)8-12/h4-9H,1H2,2-3H3/b26-18-,27-9-. The molecule has 0 amide bonds. The summed E-state index contributed by atoms with van der Waals surface area (Å²) in [7, 11) is 1.38. The summed E-state index contributed by atoms with van der Waals surface area (Å²) < 4.78 is 86.2. The Morgan fingerprint density at radius 2 is 1.64 bits per heavy atom. The lowest BCUT2D eigenvalue weighted by Crippen LogP contribution is -2.24. The molecule has 2 aromatic rings. The van der Waals surface area contributed by atoms with Crippen LogP contribution < -0.4 is 4.74 Å². The van der Waals surface area contributed by atoms with Crippen molar-refractivity contribution in [1.29, 1.82) is 0 Å². The van der Waals surface area contributed by atoms with Crippen LogP contribution in [0.25, 0.3) is 0 Å². The zero-order valence-corrected chi connectivity index (χ0v) is 14.7. The van der Waals surface area contributed by atoms with Crippen LogP contribution in [0.2, 0.25) is 0 Å². The van der Waals surface area contributed by atoms with Gasteiger partial charge in [0.2, 0.25) is 0 Å². The highest BCUT2D eigenvalue weighted by Crippen LogP contribution is 2.34. The van der Waals surface area contributed by atoms with Crippen molar-refractivity contribution in [2.75, 3.05) is 7.05 Å². The van der Waals surface area contributed by atoms with Crippen molar-refractivity contribution in [1.82, 2.24) is 0 Å². The van der Waals surface area contributed by atoms with Crippen molar-refractivity contribution in [3.05, 3.63) is 76.9 Å². The first-order valence-corrected chi connectivity index (χ1v) is 7.73. The van der Waals surface area contributed by atoms with Gasteiger partial charge in [-0.1, -0.05) is 12.6 Å². The third-order valence-electron chi connectivity index (χ3n) is 3.36. The Balaban J connectivity index is 2.35. The van der Waals surface area contributed by atoms with E-state index in [2.05, 4.69) is 21.3 Å². The molecule has 0 radical (unpaired) electrons. The minimum Gasteiger partial charge on any atom is -0.429 e. The van der Waals surface area contributed by atoms with Gasteiger partial charge >= 0.3 is 6.11 Å². The summed E-state index contributed by atoms with van der Waals surface area (Å²) in [4.78, 5) is 7.79. The average molecular weight is 400 g/mol. The Labute approximate surface area is 156 Å². The molecule has 0 aromatic heterocycles. The summed E-state index contributed by atoms with van der Waals surface area (Å²) in [5.74, 6) is -7.58. The van der Waals surface area contributed by atoms with Crippen LogP contribution in [-0.4, -0.2) is 19.1 Å². The van der Waals surface area contributed by atoms with E-state index in [4.69, 9.17) is 0 Å². The second-order valence-electron chi connectivity index (χ2n) is 5.67. The second kappa shape index (κ2) is 8.28. The number of ether oxygens (including phenoxy) is 1.